The molecule has 1 amide bonds. The summed E-state index contributed by atoms with van der Waals surface area (Å²) in [5.41, 5.74) is -0.509. The molecule has 2 aliphatic heterocycles. The van der Waals surface area contributed by atoms with Crippen LogP contribution in [0.2, 0.25) is 0 Å². The Morgan fingerprint density at radius 1 is 1.27 bits per heavy atom. The van der Waals surface area contributed by atoms with E-state index in [1.165, 1.54) is 0 Å². The van der Waals surface area contributed by atoms with E-state index in [2.05, 4.69) is 5.32 Å². The van der Waals surface area contributed by atoms with Crippen LogP contribution in [0, 0.1) is 5.92 Å². The number of nitrogens with one attached hydrogen (secondary N) is 1. The Hall–Kier alpha value is -0.950. The van der Waals surface area contributed by atoms with Gasteiger partial charge in [0.05, 0.1) is 6.54 Å². The van der Waals surface area contributed by atoms with Crippen LogP contribution in [0.25, 0.3) is 0 Å². The number of carbonyl (C=O) groups is 1. The minimum Gasteiger partial charge on any atom is -0.444 e. The summed E-state index contributed by atoms with van der Waals surface area (Å²) in [6.45, 7) is 8.64. The van der Waals surface area contributed by atoms with Gasteiger partial charge < -0.3 is 15.0 Å². The van der Waals surface area contributed by atoms with Crippen molar-refractivity contribution in [3.05, 3.63) is 0 Å². The zero-order valence-corrected chi connectivity index (χ0v) is 13.7. The minimum atomic E-state index is -2.64. The second-order valence-corrected chi connectivity index (χ2v) is 7.19. The van der Waals surface area contributed by atoms with Crippen molar-refractivity contribution in [1.29, 1.82) is 0 Å². The molecule has 2 saturated heterocycles. The highest BCUT2D eigenvalue weighted by Crippen LogP contribution is 2.30. The van der Waals surface area contributed by atoms with Crippen molar-refractivity contribution < 1.29 is 18.3 Å². The van der Waals surface area contributed by atoms with Crippen molar-refractivity contribution in [2.75, 3.05) is 45.8 Å². The fourth-order valence-corrected chi connectivity index (χ4v) is 2.86. The molecule has 22 heavy (non-hydrogen) atoms. The summed E-state index contributed by atoms with van der Waals surface area (Å²) < 4.78 is 33.0. The maximum absolute atomic E-state index is 13.8. The molecule has 0 saturated carbocycles. The maximum atomic E-state index is 13.8. The molecule has 1 unspecified atom stereocenters. The third kappa shape index (κ3) is 4.78. The van der Waals surface area contributed by atoms with Gasteiger partial charge in [-0.25, -0.2) is 13.6 Å². The van der Waals surface area contributed by atoms with Crippen LogP contribution in [0.3, 0.4) is 0 Å². The van der Waals surface area contributed by atoms with E-state index in [0.717, 1.165) is 0 Å². The van der Waals surface area contributed by atoms with Gasteiger partial charge in [-0.1, -0.05) is 0 Å². The van der Waals surface area contributed by atoms with E-state index in [4.69, 9.17) is 4.74 Å². The summed E-state index contributed by atoms with van der Waals surface area (Å²) in [4.78, 5) is 15.7. The Bertz CT molecular complexity index is 391. The number of hydrogen-bond acceptors (Lipinski definition) is 4. The topological polar surface area (TPSA) is 44.8 Å². The van der Waals surface area contributed by atoms with E-state index in [9.17, 15) is 13.6 Å². The first-order valence-electron chi connectivity index (χ1n) is 7.96. The number of nitrogens with zero attached hydrogens (tertiary/aromatic N) is 2. The molecule has 1 N–H and O–H groups in total. The van der Waals surface area contributed by atoms with Gasteiger partial charge in [0, 0.05) is 38.6 Å². The molecule has 0 bridgehead atoms. The molecule has 0 aliphatic carbocycles. The third-order valence-corrected chi connectivity index (χ3v) is 4.13. The largest absolute Gasteiger partial charge is 0.444 e. The quantitative estimate of drug-likeness (QED) is 0.843. The number of hydrogen-bond donors (Lipinski definition) is 1. The Labute approximate surface area is 131 Å². The molecule has 2 aliphatic rings. The summed E-state index contributed by atoms with van der Waals surface area (Å²) in [6.07, 6.45) is 0.179. The first kappa shape index (κ1) is 17.4. The van der Waals surface area contributed by atoms with Crippen molar-refractivity contribution in [3.8, 4) is 0 Å². The molecular formula is C15H27F2N3O2. The fourth-order valence-electron chi connectivity index (χ4n) is 2.86. The Morgan fingerprint density at radius 3 is 2.45 bits per heavy atom. The zero-order chi connectivity index (χ0) is 16.4. The van der Waals surface area contributed by atoms with Crippen LogP contribution in [0.5, 0.6) is 0 Å². The van der Waals surface area contributed by atoms with Gasteiger partial charge in [-0.15, -0.1) is 0 Å². The van der Waals surface area contributed by atoms with Crippen LogP contribution in [0.4, 0.5) is 13.6 Å². The highest BCUT2D eigenvalue weighted by molar-refractivity contribution is 5.68. The molecule has 5 nitrogen and oxygen atoms in total. The van der Waals surface area contributed by atoms with Gasteiger partial charge in [-0.2, -0.15) is 0 Å². The lowest BCUT2D eigenvalue weighted by molar-refractivity contribution is -0.0857. The summed E-state index contributed by atoms with van der Waals surface area (Å²) in [6, 6.07) is 0. The van der Waals surface area contributed by atoms with Crippen molar-refractivity contribution in [2.45, 2.75) is 38.7 Å². The number of piperidine rings is 1. The van der Waals surface area contributed by atoms with Crippen molar-refractivity contribution in [1.82, 2.24) is 15.1 Å². The minimum absolute atomic E-state index is 0.227. The summed E-state index contributed by atoms with van der Waals surface area (Å²) in [5, 5.41) is 2.75. The number of ether oxygens (including phenoxy) is 1. The number of rotatable bonds is 2. The first-order valence-corrected chi connectivity index (χ1v) is 7.96. The van der Waals surface area contributed by atoms with Gasteiger partial charge in [0.2, 0.25) is 0 Å². The molecule has 0 aromatic heterocycles. The van der Waals surface area contributed by atoms with Crippen LogP contribution >= 0.6 is 0 Å². The smallest absolute Gasteiger partial charge is 0.410 e. The Kier molecular flexibility index (Phi) is 5.27. The van der Waals surface area contributed by atoms with Crippen molar-refractivity contribution in [2.24, 2.45) is 5.92 Å². The highest BCUT2D eigenvalue weighted by Gasteiger charge is 2.42. The van der Waals surface area contributed by atoms with E-state index in [0.29, 0.717) is 45.7 Å². The molecule has 2 fully saturated rings. The summed E-state index contributed by atoms with van der Waals surface area (Å²) in [7, 11) is 0. The van der Waals surface area contributed by atoms with Crippen LogP contribution < -0.4 is 5.32 Å². The fraction of sp³-hybridized carbons (Fsp3) is 0.933. The standard InChI is InChI=1S/C15H27F2N3O2/c1-14(2,3)22-13(21)20-8-6-19(7-9-20)10-12-4-5-18-11-15(12,16)17/h12,18H,4-11H2,1-3H3. The van der Waals surface area contributed by atoms with Crippen LogP contribution in [0.1, 0.15) is 27.2 Å². The molecule has 7 heteroatoms. The van der Waals surface area contributed by atoms with Crippen molar-refractivity contribution >= 4 is 6.09 Å². The number of carbonyl (C=O) groups excluding carboxylic acids is 1. The zero-order valence-electron chi connectivity index (χ0n) is 13.7. The molecule has 0 aromatic rings. The number of piperazine rings is 1. The average Bonchev–Trinajstić information content (AvgIpc) is 2.40. The molecule has 0 aromatic carbocycles. The molecule has 0 radical (unpaired) electrons. The molecular weight excluding hydrogens is 292 g/mol. The summed E-state index contributed by atoms with van der Waals surface area (Å²) >= 11 is 0. The number of alkyl halides is 2. The Morgan fingerprint density at radius 2 is 1.91 bits per heavy atom. The third-order valence-electron chi connectivity index (χ3n) is 4.13. The molecule has 2 rings (SSSR count). The lowest BCUT2D eigenvalue weighted by Crippen LogP contribution is -2.54. The van der Waals surface area contributed by atoms with E-state index in [-0.39, 0.29) is 12.6 Å². The molecule has 2 heterocycles. The lowest BCUT2D eigenvalue weighted by atomic mass is 9.93. The predicted octanol–water partition coefficient (Wildman–Crippen LogP) is 1.78. The van der Waals surface area contributed by atoms with Gasteiger partial charge in [0.1, 0.15) is 5.60 Å². The van der Waals surface area contributed by atoms with Gasteiger partial charge in [-0.3, -0.25) is 4.90 Å². The van der Waals surface area contributed by atoms with Gasteiger partial charge >= 0.3 is 6.09 Å². The summed E-state index contributed by atoms with van der Waals surface area (Å²) in [5.74, 6) is -3.23. The molecule has 1 atom stereocenters. The van der Waals surface area contributed by atoms with E-state index < -0.39 is 17.4 Å². The second-order valence-electron chi connectivity index (χ2n) is 7.19. The maximum Gasteiger partial charge on any atom is 0.410 e. The molecule has 128 valence electrons. The van der Waals surface area contributed by atoms with Crippen LogP contribution in [-0.4, -0.2) is 73.2 Å². The Balaban J connectivity index is 1.78. The highest BCUT2D eigenvalue weighted by atomic mass is 19.3. The van der Waals surface area contributed by atoms with Gasteiger partial charge in [0.15, 0.2) is 0 Å². The average molecular weight is 319 g/mol. The van der Waals surface area contributed by atoms with Gasteiger partial charge in [-0.05, 0) is 33.7 Å². The normalized spacial score (nSPS) is 26.8. The first-order chi connectivity index (χ1) is 10.2. The molecule has 0 spiro atoms. The van der Waals surface area contributed by atoms with Gasteiger partial charge in [0.25, 0.3) is 5.92 Å². The van der Waals surface area contributed by atoms with Crippen LogP contribution in [0.15, 0.2) is 0 Å². The number of amides is 1. The monoisotopic (exact) mass is 319 g/mol. The number of halogens is 2. The SMILES string of the molecule is CC(C)(C)OC(=O)N1CCN(CC2CCNCC2(F)F)CC1. The van der Waals surface area contributed by atoms with Crippen LogP contribution in [-0.2, 0) is 4.74 Å². The van der Waals surface area contributed by atoms with E-state index in [1.54, 1.807) is 4.90 Å². The second kappa shape index (κ2) is 6.66. The van der Waals surface area contributed by atoms with Crippen molar-refractivity contribution in [3.63, 3.8) is 0 Å². The lowest BCUT2D eigenvalue weighted by Gasteiger charge is -2.39. The van der Waals surface area contributed by atoms with E-state index >= 15 is 0 Å². The van der Waals surface area contributed by atoms with E-state index in [1.807, 2.05) is 25.7 Å². The predicted molar refractivity (Wildman–Crippen MR) is 80.2 cm³/mol.